The predicted octanol–water partition coefficient (Wildman–Crippen LogP) is 4.00. The van der Waals surface area contributed by atoms with Gasteiger partial charge in [-0.15, -0.1) is 11.6 Å². The molecular formula is C14H16Cl2N2O. The SMILES string of the molecule is ClCc1nc2c(Cl)cccc2n1CC1CCCCO1. The first-order chi connectivity index (χ1) is 9.29. The molecule has 3 rings (SSSR count). The lowest BCUT2D eigenvalue weighted by Crippen LogP contribution is -2.25. The molecule has 1 atom stereocenters. The van der Waals surface area contributed by atoms with E-state index in [0.29, 0.717) is 10.9 Å². The molecule has 3 nitrogen and oxygen atoms in total. The number of alkyl halides is 1. The van der Waals surface area contributed by atoms with Gasteiger partial charge in [0.2, 0.25) is 0 Å². The van der Waals surface area contributed by atoms with E-state index in [1.165, 1.54) is 6.42 Å². The Hall–Kier alpha value is -0.770. The van der Waals surface area contributed by atoms with Crippen LogP contribution in [0.1, 0.15) is 25.1 Å². The molecule has 1 aromatic heterocycles. The fraction of sp³-hybridized carbons (Fsp3) is 0.500. The van der Waals surface area contributed by atoms with Gasteiger partial charge in [-0.2, -0.15) is 0 Å². The minimum Gasteiger partial charge on any atom is -0.376 e. The molecule has 1 aliphatic rings. The van der Waals surface area contributed by atoms with Gasteiger partial charge in [-0.3, -0.25) is 0 Å². The number of aromatic nitrogens is 2. The van der Waals surface area contributed by atoms with Crippen molar-refractivity contribution >= 4 is 34.2 Å². The molecule has 0 spiro atoms. The first-order valence-corrected chi connectivity index (χ1v) is 7.52. The summed E-state index contributed by atoms with van der Waals surface area (Å²) in [6, 6.07) is 5.84. The molecular weight excluding hydrogens is 283 g/mol. The summed E-state index contributed by atoms with van der Waals surface area (Å²) in [6.07, 6.45) is 3.75. The van der Waals surface area contributed by atoms with Crippen molar-refractivity contribution in [3.8, 4) is 0 Å². The van der Waals surface area contributed by atoms with E-state index in [1.807, 2.05) is 18.2 Å². The molecule has 0 radical (unpaired) electrons. The standard InChI is InChI=1S/C14H16Cl2N2O/c15-8-13-17-14-11(16)5-3-6-12(14)18(13)9-10-4-1-2-7-19-10/h3,5-6,10H,1-2,4,7-9H2. The summed E-state index contributed by atoms with van der Waals surface area (Å²) in [7, 11) is 0. The van der Waals surface area contributed by atoms with Crippen molar-refractivity contribution in [3.63, 3.8) is 0 Å². The Kier molecular flexibility index (Phi) is 3.96. The van der Waals surface area contributed by atoms with E-state index < -0.39 is 0 Å². The highest BCUT2D eigenvalue weighted by atomic mass is 35.5. The number of imidazole rings is 1. The molecule has 0 N–H and O–H groups in total. The Morgan fingerprint density at radius 3 is 3.00 bits per heavy atom. The molecule has 5 heteroatoms. The van der Waals surface area contributed by atoms with Crippen molar-refractivity contribution < 1.29 is 4.74 Å². The van der Waals surface area contributed by atoms with E-state index in [9.17, 15) is 0 Å². The van der Waals surface area contributed by atoms with Crippen LogP contribution in [0.5, 0.6) is 0 Å². The van der Waals surface area contributed by atoms with Crippen LogP contribution in [0.15, 0.2) is 18.2 Å². The molecule has 1 saturated heterocycles. The van der Waals surface area contributed by atoms with Gasteiger partial charge in [0.05, 0.1) is 29.1 Å². The number of rotatable bonds is 3. The maximum atomic E-state index is 6.19. The van der Waals surface area contributed by atoms with Gasteiger partial charge in [0.15, 0.2) is 0 Å². The normalized spacial score (nSPS) is 20.0. The summed E-state index contributed by atoms with van der Waals surface area (Å²) in [5.74, 6) is 1.25. The van der Waals surface area contributed by atoms with E-state index in [1.54, 1.807) is 0 Å². The number of nitrogens with zero attached hydrogens (tertiary/aromatic N) is 2. The zero-order valence-electron chi connectivity index (χ0n) is 10.6. The monoisotopic (exact) mass is 298 g/mol. The van der Waals surface area contributed by atoms with Crippen molar-refractivity contribution in [3.05, 3.63) is 29.0 Å². The molecule has 1 aliphatic heterocycles. The zero-order valence-corrected chi connectivity index (χ0v) is 12.1. The highest BCUT2D eigenvalue weighted by Gasteiger charge is 2.19. The molecule has 1 aromatic carbocycles. The number of hydrogen-bond donors (Lipinski definition) is 0. The lowest BCUT2D eigenvalue weighted by atomic mass is 10.1. The number of halogens is 2. The van der Waals surface area contributed by atoms with Crippen LogP contribution in [0.25, 0.3) is 11.0 Å². The van der Waals surface area contributed by atoms with Crippen LogP contribution in [0, 0.1) is 0 Å². The maximum absolute atomic E-state index is 6.19. The number of fused-ring (bicyclic) bond motifs is 1. The van der Waals surface area contributed by atoms with Crippen molar-refractivity contribution in [2.45, 2.75) is 37.8 Å². The van der Waals surface area contributed by atoms with E-state index >= 15 is 0 Å². The Morgan fingerprint density at radius 1 is 1.37 bits per heavy atom. The minimum absolute atomic E-state index is 0.257. The van der Waals surface area contributed by atoms with Crippen molar-refractivity contribution in [2.75, 3.05) is 6.61 Å². The Labute approximate surface area is 122 Å². The molecule has 2 heterocycles. The Balaban J connectivity index is 1.98. The van der Waals surface area contributed by atoms with Gasteiger partial charge in [0.25, 0.3) is 0 Å². The second-order valence-corrected chi connectivity index (χ2v) is 5.54. The second kappa shape index (κ2) is 5.70. The van der Waals surface area contributed by atoms with Gasteiger partial charge in [0.1, 0.15) is 11.3 Å². The molecule has 19 heavy (non-hydrogen) atoms. The van der Waals surface area contributed by atoms with Crippen molar-refractivity contribution in [2.24, 2.45) is 0 Å². The van der Waals surface area contributed by atoms with Crippen LogP contribution in [-0.2, 0) is 17.2 Å². The van der Waals surface area contributed by atoms with E-state index in [-0.39, 0.29) is 6.10 Å². The van der Waals surface area contributed by atoms with Crippen molar-refractivity contribution in [1.82, 2.24) is 9.55 Å². The lowest BCUT2D eigenvalue weighted by Gasteiger charge is -2.23. The average molecular weight is 299 g/mol. The third kappa shape index (κ3) is 2.60. The zero-order chi connectivity index (χ0) is 13.2. The van der Waals surface area contributed by atoms with Gasteiger partial charge in [0, 0.05) is 6.61 Å². The number of benzene rings is 1. The van der Waals surface area contributed by atoms with Crippen LogP contribution in [-0.4, -0.2) is 22.3 Å². The fourth-order valence-corrected chi connectivity index (χ4v) is 3.04. The predicted molar refractivity (Wildman–Crippen MR) is 77.9 cm³/mol. The van der Waals surface area contributed by atoms with Crippen LogP contribution < -0.4 is 0 Å². The average Bonchev–Trinajstić information content (AvgIpc) is 2.80. The first kappa shape index (κ1) is 13.2. The molecule has 2 aromatic rings. The van der Waals surface area contributed by atoms with E-state index in [4.69, 9.17) is 27.9 Å². The lowest BCUT2D eigenvalue weighted by molar-refractivity contribution is 0.00627. The van der Waals surface area contributed by atoms with Gasteiger partial charge >= 0.3 is 0 Å². The second-order valence-electron chi connectivity index (χ2n) is 4.87. The Morgan fingerprint density at radius 2 is 2.26 bits per heavy atom. The molecule has 1 fully saturated rings. The quantitative estimate of drug-likeness (QED) is 0.801. The number of hydrogen-bond acceptors (Lipinski definition) is 2. The molecule has 0 bridgehead atoms. The highest BCUT2D eigenvalue weighted by Crippen LogP contribution is 2.26. The third-order valence-corrected chi connectivity index (χ3v) is 4.13. The molecule has 102 valence electrons. The summed E-state index contributed by atoms with van der Waals surface area (Å²) in [5, 5.41) is 0.673. The van der Waals surface area contributed by atoms with Gasteiger partial charge < -0.3 is 9.30 Å². The summed E-state index contributed by atoms with van der Waals surface area (Å²) >= 11 is 12.2. The van der Waals surface area contributed by atoms with Crippen LogP contribution >= 0.6 is 23.2 Å². The van der Waals surface area contributed by atoms with Gasteiger partial charge in [-0.25, -0.2) is 4.98 Å². The first-order valence-electron chi connectivity index (χ1n) is 6.61. The van der Waals surface area contributed by atoms with Crippen LogP contribution in [0.2, 0.25) is 5.02 Å². The maximum Gasteiger partial charge on any atom is 0.124 e. The third-order valence-electron chi connectivity index (χ3n) is 3.59. The van der Waals surface area contributed by atoms with E-state index in [0.717, 1.165) is 42.9 Å². The molecule has 1 unspecified atom stereocenters. The molecule has 0 aliphatic carbocycles. The van der Waals surface area contributed by atoms with Crippen molar-refractivity contribution in [1.29, 1.82) is 0 Å². The summed E-state index contributed by atoms with van der Waals surface area (Å²) in [4.78, 5) is 4.54. The van der Waals surface area contributed by atoms with Crippen LogP contribution in [0.3, 0.4) is 0 Å². The molecule has 0 saturated carbocycles. The smallest absolute Gasteiger partial charge is 0.124 e. The highest BCUT2D eigenvalue weighted by molar-refractivity contribution is 6.35. The van der Waals surface area contributed by atoms with Crippen LogP contribution in [0.4, 0.5) is 0 Å². The molecule has 0 amide bonds. The largest absolute Gasteiger partial charge is 0.376 e. The number of para-hydroxylation sites is 1. The number of ether oxygens (including phenoxy) is 1. The van der Waals surface area contributed by atoms with Gasteiger partial charge in [-0.05, 0) is 31.4 Å². The van der Waals surface area contributed by atoms with E-state index in [2.05, 4.69) is 9.55 Å². The fourth-order valence-electron chi connectivity index (χ4n) is 2.62. The minimum atomic E-state index is 0.257. The summed E-state index contributed by atoms with van der Waals surface area (Å²) in [6.45, 7) is 1.66. The topological polar surface area (TPSA) is 27.1 Å². The summed E-state index contributed by atoms with van der Waals surface area (Å²) < 4.78 is 7.95. The van der Waals surface area contributed by atoms with Gasteiger partial charge in [-0.1, -0.05) is 17.7 Å². The summed E-state index contributed by atoms with van der Waals surface area (Å²) in [5.41, 5.74) is 1.87. The Bertz CT molecular complexity index is 576.